The lowest BCUT2D eigenvalue weighted by atomic mass is 10.0. The smallest absolute Gasteiger partial charge is 0.354 e. The minimum atomic E-state index is -4.35. The Hall–Kier alpha value is -1.02. The van der Waals surface area contributed by atoms with Gasteiger partial charge in [0.05, 0.1) is 11.6 Å². The molecule has 1 rings (SSSR count). The van der Waals surface area contributed by atoms with Crippen molar-refractivity contribution in [3.63, 3.8) is 0 Å². The molecule has 0 saturated carbocycles. The summed E-state index contributed by atoms with van der Waals surface area (Å²) >= 11 is 0. The van der Waals surface area contributed by atoms with Gasteiger partial charge in [-0.1, -0.05) is 26.0 Å². The Morgan fingerprint density at radius 3 is 2.12 bits per heavy atom. The van der Waals surface area contributed by atoms with Crippen LogP contribution in [0.3, 0.4) is 0 Å². The third kappa shape index (κ3) is 8.58. The lowest BCUT2D eigenvalue weighted by molar-refractivity contribution is -0.137. The molecule has 152 valence electrons. The van der Waals surface area contributed by atoms with E-state index in [0.29, 0.717) is 25.9 Å². The summed E-state index contributed by atoms with van der Waals surface area (Å²) in [6.45, 7) is 6.25. The highest BCUT2D eigenvalue weighted by atomic mass is 35.5. The molecule has 1 unspecified atom stereocenters. The van der Waals surface area contributed by atoms with Gasteiger partial charge in [-0.2, -0.15) is 13.2 Å². The van der Waals surface area contributed by atoms with Crippen LogP contribution in [0, 0.1) is 0 Å². The molecule has 9 heteroatoms. The summed E-state index contributed by atoms with van der Waals surface area (Å²) in [5.74, 6) is -0.0930. The Morgan fingerprint density at radius 1 is 1.15 bits per heavy atom. The largest absolute Gasteiger partial charge is 0.416 e. The molecule has 0 aromatic heterocycles. The van der Waals surface area contributed by atoms with Gasteiger partial charge in [0.1, 0.15) is 0 Å². The summed E-state index contributed by atoms with van der Waals surface area (Å²) in [6.07, 6.45) is -3.38. The molecule has 0 aliphatic carbocycles. The average molecular weight is 418 g/mol. The van der Waals surface area contributed by atoms with E-state index in [1.54, 1.807) is 0 Å². The first-order chi connectivity index (χ1) is 11.3. The fourth-order valence-corrected chi connectivity index (χ4v) is 2.58. The minimum Gasteiger partial charge on any atom is -0.354 e. The quantitative estimate of drug-likeness (QED) is 0.642. The number of hydrogen-bond donors (Lipinski definition) is 2. The lowest BCUT2D eigenvalue weighted by Crippen LogP contribution is -2.38. The molecule has 26 heavy (non-hydrogen) atoms. The maximum absolute atomic E-state index is 12.7. The third-order valence-corrected chi connectivity index (χ3v) is 3.98. The summed E-state index contributed by atoms with van der Waals surface area (Å²) in [5, 5.41) is 2.85. The Kier molecular flexibility index (Phi) is 13.8. The van der Waals surface area contributed by atoms with E-state index in [1.165, 1.54) is 12.1 Å². The zero-order valence-electron chi connectivity index (χ0n) is 15.0. The molecule has 1 atom stereocenters. The highest BCUT2D eigenvalue weighted by Crippen LogP contribution is 2.30. The Labute approximate surface area is 165 Å². The number of rotatable bonds is 9. The van der Waals surface area contributed by atoms with Gasteiger partial charge in [0.2, 0.25) is 5.91 Å². The second-order valence-electron chi connectivity index (χ2n) is 5.55. The molecule has 1 aromatic carbocycles. The summed E-state index contributed by atoms with van der Waals surface area (Å²) in [6, 6.07) is 4.98. The van der Waals surface area contributed by atoms with E-state index in [2.05, 4.69) is 10.2 Å². The Bertz CT molecular complexity index is 509. The first kappa shape index (κ1) is 27.2. The van der Waals surface area contributed by atoms with Crippen LogP contribution in [0.25, 0.3) is 0 Å². The second-order valence-corrected chi connectivity index (χ2v) is 5.55. The van der Waals surface area contributed by atoms with E-state index in [4.69, 9.17) is 5.73 Å². The van der Waals surface area contributed by atoms with Crippen LogP contribution in [0.4, 0.5) is 13.2 Å². The number of amides is 1. The molecule has 0 radical (unpaired) electrons. The molecule has 0 spiro atoms. The zero-order chi connectivity index (χ0) is 18.2. The number of likely N-dealkylation sites (N-methyl/N-ethyl adjacent to an activating group) is 1. The molecule has 1 amide bonds. The van der Waals surface area contributed by atoms with Crippen molar-refractivity contribution in [2.45, 2.75) is 38.9 Å². The first-order valence-corrected chi connectivity index (χ1v) is 8.21. The highest BCUT2D eigenvalue weighted by Gasteiger charge is 2.30. The molecular weight excluding hydrogens is 390 g/mol. The third-order valence-electron chi connectivity index (χ3n) is 3.98. The van der Waals surface area contributed by atoms with Crippen molar-refractivity contribution in [2.75, 3.05) is 26.2 Å². The van der Waals surface area contributed by atoms with Crippen molar-refractivity contribution < 1.29 is 18.0 Å². The van der Waals surface area contributed by atoms with Crippen LogP contribution < -0.4 is 11.1 Å². The van der Waals surface area contributed by atoms with Crippen LogP contribution in [0.15, 0.2) is 24.3 Å². The van der Waals surface area contributed by atoms with E-state index >= 15 is 0 Å². The summed E-state index contributed by atoms with van der Waals surface area (Å²) in [4.78, 5) is 13.9. The first-order valence-electron chi connectivity index (χ1n) is 8.21. The normalized spacial score (nSPS) is 12.1. The van der Waals surface area contributed by atoms with Crippen molar-refractivity contribution in [1.29, 1.82) is 0 Å². The van der Waals surface area contributed by atoms with Crippen LogP contribution in [0.5, 0.6) is 0 Å². The van der Waals surface area contributed by atoms with Crippen LogP contribution in [0.1, 0.15) is 43.9 Å². The number of nitrogens with zero attached hydrogens (tertiary/aromatic N) is 1. The van der Waals surface area contributed by atoms with Crippen molar-refractivity contribution in [3.05, 3.63) is 35.4 Å². The number of alkyl halides is 3. The number of carbonyl (C=O) groups is 1. The fraction of sp³-hybridized carbons (Fsp3) is 0.588. The van der Waals surface area contributed by atoms with Gasteiger partial charge in [-0.05, 0) is 43.8 Å². The Balaban J connectivity index is 0. The number of nitrogens with one attached hydrogen (secondary N) is 1. The minimum absolute atomic E-state index is 0. The van der Waals surface area contributed by atoms with Gasteiger partial charge >= 0.3 is 6.18 Å². The summed E-state index contributed by atoms with van der Waals surface area (Å²) in [7, 11) is 0. The van der Waals surface area contributed by atoms with Crippen molar-refractivity contribution in [2.24, 2.45) is 5.73 Å². The maximum atomic E-state index is 12.7. The molecule has 0 aliphatic rings. The predicted molar refractivity (Wildman–Crippen MR) is 103 cm³/mol. The Morgan fingerprint density at radius 2 is 1.69 bits per heavy atom. The summed E-state index contributed by atoms with van der Waals surface area (Å²) in [5.41, 5.74) is 5.47. The zero-order valence-corrected chi connectivity index (χ0v) is 16.6. The van der Waals surface area contributed by atoms with Gasteiger partial charge in [-0.3, -0.25) is 9.69 Å². The second kappa shape index (κ2) is 13.2. The van der Waals surface area contributed by atoms with E-state index in [-0.39, 0.29) is 36.8 Å². The van der Waals surface area contributed by atoms with E-state index in [9.17, 15) is 18.0 Å². The molecule has 0 saturated heterocycles. The number of nitrogens with two attached hydrogens (primary N) is 1. The molecule has 0 heterocycles. The number of halogens is 5. The van der Waals surface area contributed by atoms with Gasteiger partial charge in [0, 0.05) is 13.0 Å². The van der Waals surface area contributed by atoms with Crippen molar-refractivity contribution >= 4 is 30.7 Å². The van der Waals surface area contributed by atoms with Gasteiger partial charge < -0.3 is 11.1 Å². The number of benzene rings is 1. The average Bonchev–Trinajstić information content (AvgIpc) is 2.56. The topological polar surface area (TPSA) is 58.4 Å². The van der Waals surface area contributed by atoms with Crippen molar-refractivity contribution in [1.82, 2.24) is 10.2 Å². The molecule has 0 bridgehead atoms. The predicted octanol–water partition coefficient (Wildman–Crippen LogP) is 3.79. The van der Waals surface area contributed by atoms with Crippen LogP contribution in [-0.2, 0) is 11.0 Å². The number of hydrogen-bond acceptors (Lipinski definition) is 3. The molecule has 3 N–H and O–H groups in total. The lowest BCUT2D eigenvalue weighted by Gasteiger charge is -2.30. The van der Waals surface area contributed by atoms with E-state index in [1.807, 2.05) is 13.8 Å². The molecule has 0 fully saturated rings. The highest BCUT2D eigenvalue weighted by molar-refractivity contribution is 5.85. The van der Waals surface area contributed by atoms with Crippen molar-refractivity contribution in [3.8, 4) is 0 Å². The fourth-order valence-electron chi connectivity index (χ4n) is 2.58. The van der Waals surface area contributed by atoms with Gasteiger partial charge in [-0.15, -0.1) is 24.8 Å². The van der Waals surface area contributed by atoms with Gasteiger partial charge in [-0.25, -0.2) is 0 Å². The van der Waals surface area contributed by atoms with E-state index in [0.717, 1.165) is 30.8 Å². The monoisotopic (exact) mass is 417 g/mol. The van der Waals surface area contributed by atoms with E-state index < -0.39 is 11.7 Å². The maximum Gasteiger partial charge on any atom is 0.416 e. The van der Waals surface area contributed by atoms with Gasteiger partial charge in [0.25, 0.3) is 0 Å². The van der Waals surface area contributed by atoms with Crippen LogP contribution in [-0.4, -0.2) is 37.0 Å². The van der Waals surface area contributed by atoms with Crippen LogP contribution in [0.2, 0.25) is 0 Å². The molecule has 4 nitrogen and oxygen atoms in total. The molecular formula is C17H28Cl2F3N3O. The van der Waals surface area contributed by atoms with Crippen LogP contribution >= 0.6 is 24.8 Å². The molecule has 0 aliphatic heterocycles. The SMILES string of the molecule is CCN(CC)C(CNC(=O)CCCN)c1ccc(C(F)(F)F)cc1.Cl.Cl. The summed E-state index contributed by atoms with van der Waals surface area (Å²) < 4.78 is 38.1. The molecule has 1 aromatic rings. The standard InChI is InChI=1S/C17H26F3N3O.2ClH/c1-3-23(4-2)15(12-22-16(24)6-5-11-21)13-7-9-14(10-8-13)17(18,19)20;;/h7-10,15H,3-6,11-12,21H2,1-2H3,(H,22,24);2*1H. The van der Waals surface area contributed by atoms with Gasteiger partial charge in [0.15, 0.2) is 0 Å². The number of carbonyl (C=O) groups excluding carboxylic acids is 1.